The van der Waals surface area contributed by atoms with Gasteiger partial charge in [-0.05, 0) is 44.0 Å². The molecule has 3 rings (SSSR count). The van der Waals surface area contributed by atoms with Gasteiger partial charge in [0.15, 0.2) is 0 Å². The van der Waals surface area contributed by atoms with Gasteiger partial charge in [0.1, 0.15) is 0 Å². The molecule has 1 fully saturated rings. The number of carbonyl (C=O) groups is 1. The summed E-state index contributed by atoms with van der Waals surface area (Å²) in [5.41, 5.74) is 1.62. The lowest BCUT2D eigenvalue weighted by atomic mass is 10.1. The van der Waals surface area contributed by atoms with Crippen molar-refractivity contribution < 1.29 is 13.2 Å². The van der Waals surface area contributed by atoms with Gasteiger partial charge in [0, 0.05) is 6.04 Å². The highest BCUT2D eigenvalue weighted by molar-refractivity contribution is 7.92. The Balaban J connectivity index is 1.79. The van der Waals surface area contributed by atoms with Gasteiger partial charge in [0.05, 0.1) is 16.1 Å². The molecule has 6 heteroatoms. The third-order valence-corrected chi connectivity index (χ3v) is 6.32. The second kappa shape index (κ2) is 8.57. The van der Waals surface area contributed by atoms with E-state index in [1.165, 1.54) is 12.8 Å². The van der Waals surface area contributed by atoms with Crippen LogP contribution in [-0.2, 0) is 10.0 Å². The molecule has 0 unspecified atom stereocenters. The quantitative estimate of drug-likeness (QED) is 0.755. The summed E-state index contributed by atoms with van der Waals surface area (Å²) in [6, 6.07) is 13.5. The molecule has 2 aromatic carbocycles. The van der Waals surface area contributed by atoms with Gasteiger partial charge < -0.3 is 5.32 Å². The molecule has 0 radical (unpaired) electrons. The number of carbonyl (C=O) groups excluding carboxylic acids is 1. The van der Waals surface area contributed by atoms with Crippen molar-refractivity contribution in [2.75, 3.05) is 4.72 Å². The first-order valence-electron chi connectivity index (χ1n) is 9.45. The van der Waals surface area contributed by atoms with Crippen LogP contribution in [0, 0.1) is 6.92 Å². The molecule has 1 aliphatic carbocycles. The minimum atomic E-state index is -3.76. The number of hydrogen-bond donors (Lipinski definition) is 2. The summed E-state index contributed by atoms with van der Waals surface area (Å²) in [7, 11) is -3.76. The zero-order valence-corrected chi connectivity index (χ0v) is 16.4. The van der Waals surface area contributed by atoms with E-state index in [-0.39, 0.29) is 16.8 Å². The predicted molar refractivity (Wildman–Crippen MR) is 107 cm³/mol. The Hall–Kier alpha value is -2.34. The first-order valence-corrected chi connectivity index (χ1v) is 10.9. The van der Waals surface area contributed by atoms with Crippen molar-refractivity contribution >= 4 is 21.6 Å². The van der Waals surface area contributed by atoms with Gasteiger partial charge in [-0.2, -0.15) is 0 Å². The first-order chi connectivity index (χ1) is 13.0. The molecule has 0 aromatic heterocycles. The Morgan fingerprint density at radius 3 is 2.22 bits per heavy atom. The van der Waals surface area contributed by atoms with Crippen LogP contribution in [0.1, 0.15) is 54.4 Å². The van der Waals surface area contributed by atoms with Gasteiger partial charge >= 0.3 is 0 Å². The highest BCUT2D eigenvalue weighted by Crippen LogP contribution is 2.22. The second-order valence-electron chi connectivity index (χ2n) is 7.13. The second-order valence-corrected chi connectivity index (χ2v) is 8.81. The zero-order valence-electron chi connectivity index (χ0n) is 15.6. The van der Waals surface area contributed by atoms with Gasteiger partial charge in [0.25, 0.3) is 15.9 Å². The topological polar surface area (TPSA) is 75.3 Å². The lowest BCUT2D eigenvalue weighted by Crippen LogP contribution is -2.35. The van der Waals surface area contributed by atoms with Gasteiger partial charge in [-0.25, -0.2) is 8.42 Å². The van der Waals surface area contributed by atoms with Gasteiger partial charge in [-0.1, -0.05) is 55.5 Å². The van der Waals surface area contributed by atoms with Crippen molar-refractivity contribution in [2.45, 2.75) is 56.4 Å². The van der Waals surface area contributed by atoms with E-state index >= 15 is 0 Å². The maximum absolute atomic E-state index is 12.8. The molecule has 2 aromatic rings. The summed E-state index contributed by atoms with van der Waals surface area (Å²) in [4.78, 5) is 12.9. The Labute approximate surface area is 161 Å². The van der Waals surface area contributed by atoms with Crippen molar-refractivity contribution in [2.24, 2.45) is 0 Å². The van der Waals surface area contributed by atoms with Crippen LogP contribution in [-0.4, -0.2) is 20.4 Å². The molecule has 0 spiro atoms. The van der Waals surface area contributed by atoms with E-state index < -0.39 is 10.0 Å². The number of hydrogen-bond acceptors (Lipinski definition) is 3. The minimum absolute atomic E-state index is 0.154. The lowest BCUT2D eigenvalue weighted by molar-refractivity contribution is 0.0934. The highest BCUT2D eigenvalue weighted by Gasteiger charge is 2.21. The van der Waals surface area contributed by atoms with Crippen LogP contribution in [0.15, 0.2) is 53.4 Å². The first kappa shape index (κ1) is 19.4. The zero-order chi connectivity index (χ0) is 19.3. The molecule has 27 heavy (non-hydrogen) atoms. The maximum Gasteiger partial charge on any atom is 0.261 e. The molecular formula is C21H26N2O3S. The summed E-state index contributed by atoms with van der Waals surface area (Å²) in [6.45, 7) is 1.90. The molecule has 1 aliphatic rings. The molecule has 1 saturated carbocycles. The van der Waals surface area contributed by atoms with Crippen LogP contribution in [0.2, 0.25) is 0 Å². The number of nitrogens with one attached hydrogen (secondary N) is 2. The number of para-hydroxylation sites is 1. The van der Waals surface area contributed by atoms with E-state index in [1.807, 2.05) is 6.92 Å². The van der Waals surface area contributed by atoms with Crippen LogP contribution in [0.5, 0.6) is 0 Å². The van der Waals surface area contributed by atoms with Gasteiger partial charge in [-0.3, -0.25) is 9.52 Å². The molecule has 0 saturated heterocycles. The fraction of sp³-hybridized carbons (Fsp3) is 0.381. The molecule has 2 N–H and O–H groups in total. The van der Waals surface area contributed by atoms with Crippen LogP contribution in [0.25, 0.3) is 0 Å². The fourth-order valence-corrected chi connectivity index (χ4v) is 4.46. The van der Waals surface area contributed by atoms with E-state index in [1.54, 1.807) is 48.5 Å². The Kier molecular flexibility index (Phi) is 6.16. The largest absolute Gasteiger partial charge is 0.349 e. The van der Waals surface area contributed by atoms with E-state index in [9.17, 15) is 13.2 Å². The standard InChI is InChI=1S/C21H26N2O3S/c1-16-12-14-18(15-13-16)27(25,26)23-20-11-7-6-10-19(20)21(24)22-17-8-4-2-3-5-9-17/h6-7,10-15,17,23H,2-5,8-9H2,1H3,(H,22,24). The van der Waals surface area contributed by atoms with Crippen molar-refractivity contribution in [3.05, 3.63) is 59.7 Å². The Morgan fingerprint density at radius 1 is 0.926 bits per heavy atom. The van der Waals surface area contributed by atoms with E-state index in [2.05, 4.69) is 10.0 Å². The summed E-state index contributed by atoms with van der Waals surface area (Å²) in [6.07, 6.45) is 6.60. The van der Waals surface area contributed by atoms with Crippen molar-refractivity contribution in [1.29, 1.82) is 0 Å². The summed E-state index contributed by atoms with van der Waals surface area (Å²) < 4.78 is 27.9. The fourth-order valence-electron chi connectivity index (χ4n) is 3.38. The third-order valence-electron chi connectivity index (χ3n) is 4.94. The molecule has 144 valence electrons. The third kappa shape index (κ3) is 5.10. The van der Waals surface area contributed by atoms with E-state index in [4.69, 9.17) is 0 Å². The number of amides is 1. The average Bonchev–Trinajstić information content (AvgIpc) is 2.91. The molecule has 1 amide bonds. The Bertz CT molecular complexity index is 884. The molecule has 0 bridgehead atoms. The summed E-state index contributed by atoms with van der Waals surface area (Å²) in [5, 5.41) is 3.07. The Morgan fingerprint density at radius 2 is 1.56 bits per heavy atom. The van der Waals surface area contributed by atoms with Gasteiger partial charge in [-0.15, -0.1) is 0 Å². The molecule has 0 aliphatic heterocycles. The number of rotatable bonds is 5. The summed E-state index contributed by atoms with van der Waals surface area (Å²) in [5.74, 6) is -0.232. The maximum atomic E-state index is 12.8. The van der Waals surface area contributed by atoms with E-state index in [0.717, 1.165) is 31.2 Å². The van der Waals surface area contributed by atoms with Crippen LogP contribution >= 0.6 is 0 Å². The van der Waals surface area contributed by atoms with Crippen molar-refractivity contribution in [3.63, 3.8) is 0 Å². The normalized spacial score (nSPS) is 15.7. The molecule has 0 atom stereocenters. The molecule has 0 heterocycles. The summed E-state index contributed by atoms with van der Waals surface area (Å²) >= 11 is 0. The van der Waals surface area contributed by atoms with E-state index in [0.29, 0.717) is 11.3 Å². The predicted octanol–water partition coefficient (Wildman–Crippen LogP) is 4.25. The van der Waals surface area contributed by atoms with Crippen molar-refractivity contribution in [3.8, 4) is 0 Å². The van der Waals surface area contributed by atoms with Gasteiger partial charge in [0.2, 0.25) is 0 Å². The molecule has 5 nitrogen and oxygen atoms in total. The number of benzene rings is 2. The van der Waals surface area contributed by atoms with Crippen LogP contribution in [0.4, 0.5) is 5.69 Å². The monoisotopic (exact) mass is 386 g/mol. The van der Waals surface area contributed by atoms with Crippen LogP contribution in [0.3, 0.4) is 0 Å². The number of anilines is 1. The van der Waals surface area contributed by atoms with Crippen LogP contribution < -0.4 is 10.0 Å². The molecular weight excluding hydrogens is 360 g/mol. The van der Waals surface area contributed by atoms with Crippen molar-refractivity contribution in [1.82, 2.24) is 5.32 Å². The SMILES string of the molecule is Cc1ccc(S(=O)(=O)Nc2ccccc2C(=O)NC2CCCCCC2)cc1. The lowest BCUT2D eigenvalue weighted by Gasteiger charge is -2.18. The highest BCUT2D eigenvalue weighted by atomic mass is 32.2. The number of aryl methyl sites for hydroxylation is 1. The average molecular weight is 387 g/mol. The smallest absolute Gasteiger partial charge is 0.261 e. The number of sulfonamides is 1. The minimum Gasteiger partial charge on any atom is -0.349 e.